The molecule has 0 amide bonds. The van der Waals surface area contributed by atoms with Gasteiger partial charge in [-0.2, -0.15) is 0 Å². The van der Waals surface area contributed by atoms with Gasteiger partial charge in [-0.05, 0) is 25.8 Å². The van der Waals surface area contributed by atoms with Crippen molar-refractivity contribution in [3.05, 3.63) is 29.8 Å². The highest BCUT2D eigenvalue weighted by atomic mass is 16.5. The summed E-state index contributed by atoms with van der Waals surface area (Å²) >= 11 is 0. The monoisotopic (exact) mass is 235 g/mol. The zero-order valence-electron chi connectivity index (χ0n) is 10.1. The van der Waals surface area contributed by atoms with Crippen molar-refractivity contribution in [1.29, 1.82) is 0 Å². The lowest BCUT2D eigenvalue weighted by molar-refractivity contribution is -0.144. The van der Waals surface area contributed by atoms with E-state index >= 15 is 0 Å². The fourth-order valence-corrected chi connectivity index (χ4v) is 1.95. The molecule has 0 aliphatic heterocycles. The van der Waals surface area contributed by atoms with Gasteiger partial charge in [0.25, 0.3) is 0 Å². The maximum atomic E-state index is 11.5. The van der Waals surface area contributed by atoms with Crippen LogP contribution in [0, 0.1) is 0 Å². The molecule has 0 heterocycles. The molecule has 0 aromatic heterocycles. The number of benzene rings is 1. The zero-order chi connectivity index (χ0) is 12.5. The van der Waals surface area contributed by atoms with Crippen LogP contribution < -0.4 is 10.1 Å². The van der Waals surface area contributed by atoms with Crippen LogP contribution >= 0.6 is 0 Å². The fourth-order valence-electron chi connectivity index (χ4n) is 1.95. The van der Waals surface area contributed by atoms with Crippen molar-refractivity contribution >= 4 is 5.97 Å². The number of carboxylic acids is 1. The molecule has 1 atom stereocenters. The third kappa shape index (κ3) is 2.26. The van der Waals surface area contributed by atoms with Crippen molar-refractivity contribution in [2.75, 3.05) is 7.11 Å². The van der Waals surface area contributed by atoms with E-state index in [1.807, 2.05) is 12.1 Å². The van der Waals surface area contributed by atoms with Crippen LogP contribution in [-0.2, 0) is 10.3 Å². The summed E-state index contributed by atoms with van der Waals surface area (Å²) in [5, 5.41) is 12.6. The van der Waals surface area contributed by atoms with Crippen molar-refractivity contribution in [3.63, 3.8) is 0 Å². The molecule has 2 N–H and O–H groups in total. The molecule has 4 heteroatoms. The van der Waals surface area contributed by atoms with E-state index in [1.54, 1.807) is 26.2 Å². The lowest BCUT2D eigenvalue weighted by atomic mass is 9.91. The first-order chi connectivity index (χ1) is 8.08. The molecule has 1 aromatic carbocycles. The van der Waals surface area contributed by atoms with Crippen molar-refractivity contribution < 1.29 is 14.6 Å². The van der Waals surface area contributed by atoms with Gasteiger partial charge in [-0.3, -0.25) is 5.32 Å². The molecule has 1 aromatic rings. The van der Waals surface area contributed by atoms with Gasteiger partial charge in [0.1, 0.15) is 11.3 Å². The molecule has 2 rings (SSSR count). The number of hydrogen-bond acceptors (Lipinski definition) is 3. The third-order valence-corrected chi connectivity index (χ3v) is 3.14. The second-order valence-electron chi connectivity index (χ2n) is 4.55. The van der Waals surface area contributed by atoms with E-state index in [-0.39, 0.29) is 0 Å². The number of methoxy groups -OCH3 is 1. The van der Waals surface area contributed by atoms with Crippen LogP contribution in [0.15, 0.2) is 24.3 Å². The Labute approximate surface area is 101 Å². The van der Waals surface area contributed by atoms with Gasteiger partial charge in [-0.25, -0.2) is 4.79 Å². The maximum absolute atomic E-state index is 11.5. The van der Waals surface area contributed by atoms with Crippen LogP contribution in [0.4, 0.5) is 0 Å². The molecule has 0 bridgehead atoms. The molecule has 1 saturated carbocycles. The molecule has 0 saturated heterocycles. The van der Waals surface area contributed by atoms with E-state index in [1.165, 1.54) is 0 Å². The lowest BCUT2D eigenvalue weighted by Crippen LogP contribution is -2.47. The van der Waals surface area contributed by atoms with Gasteiger partial charge in [0.15, 0.2) is 0 Å². The average Bonchev–Trinajstić information content (AvgIpc) is 3.12. The molecule has 1 aliphatic rings. The molecule has 92 valence electrons. The van der Waals surface area contributed by atoms with Gasteiger partial charge in [0, 0.05) is 11.6 Å². The van der Waals surface area contributed by atoms with E-state index in [9.17, 15) is 9.90 Å². The second-order valence-corrected chi connectivity index (χ2v) is 4.55. The summed E-state index contributed by atoms with van der Waals surface area (Å²) < 4.78 is 5.24. The van der Waals surface area contributed by atoms with Crippen molar-refractivity contribution in [1.82, 2.24) is 5.32 Å². The smallest absolute Gasteiger partial charge is 0.328 e. The van der Waals surface area contributed by atoms with Crippen LogP contribution in [0.1, 0.15) is 25.3 Å². The minimum Gasteiger partial charge on any atom is -0.496 e. The highest BCUT2D eigenvalue weighted by Crippen LogP contribution is 2.33. The third-order valence-electron chi connectivity index (χ3n) is 3.14. The summed E-state index contributed by atoms with van der Waals surface area (Å²) in [7, 11) is 1.55. The SMILES string of the molecule is COc1ccccc1C(C)(NC1CC1)C(=O)O. The number of para-hydroxylation sites is 1. The summed E-state index contributed by atoms with van der Waals surface area (Å²) in [6.07, 6.45) is 2.08. The maximum Gasteiger partial charge on any atom is 0.328 e. The van der Waals surface area contributed by atoms with Crippen LogP contribution in [0.25, 0.3) is 0 Å². The van der Waals surface area contributed by atoms with E-state index in [0.29, 0.717) is 17.4 Å². The molecular formula is C13H17NO3. The first-order valence-electron chi connectivity index (χ1n) is 5.72. The molecule has 1 aliphatic carbocycles. The highest BCUT2D eigenvalue weighted by molar-refractivity contribution is 5.81. The standard InChI is InChI=1S/C13H17NO3/c1-13(12(15)16,14-9-7-8-9)10-5-3-4-6-11(10)17-2/h3-6,9,14H,7-8H2,1-2H3,(H,15,16). The Kier molecular flexibility index (Phi) is 3.07. The van der Waals surface area contributed by atoms with Crippen LogP contribution in [0.2, 0.25) is 0 Å². The Balaban J connectivity index is 2.40. The molecule has 0 radical (unpaired) electrons. The Bertz CT molecular complexity index is 428. The normalized spacial score (nSPS) is 18.5. The van der Waals surface area contributed by atoms with Crippen molar-refractivity contribution in [3.8, 4) is 5.75 Å². The van der Waals surface area contributed by atoms with Crippen LogP contribution in [0.5, 0.6) is 5.75 Å². The zero-order valence-corrected chi connectivity index (χ0v) is 10.1. The second kappa shape index (κ2) is 4.37. The number of rotatable bonds is 5. The largest absolute Gasteiger partial charge is 0.496 e. The first-order valence-corrected chi connectivity index (χ1v) is 5.72. The molecule has 4 nitrogen and oxygen atoms in total. The lowest BCUT2D eigenvalue weighted by Gasteiger charge is -2.28. The highest BCUT2D eigenvalue weighted by Gasteiger charge is 2.41. The van der Waals surface area contributed by atoms with E-state index < -0.39 is 11.5 Å². The van der Waals surface area contributed by atoms with Gasteiger partial charge in [0.05, 0.1) is 7.11 Å². The number of ether oxygens (including phenoxy) is 1. The number of nitrogens with one attached hydrogen (secondary N) is 1. The number of hydrogen-bond donors (Lipinski definition) is 2. The minimum atomic E-state index is -1.09. The summed E-state index contributed by atoms with van der Waals surface area (Å²) in [4.78, 5) is 11.5. The van der Waals surface area contributed by atoms with Crippen LogP contribution in [0.3, 0.4) is 0 Å². The Morgan fingerprint density at radius 2 is 2.12 bits per heavy atom. The average molecular weight is 235 g/mol. The Morgan fingerprint density at radius 3 is 2.65 bits per heavy atom. The predicted octanol–water partition coefficient (Wildman–Crippen LogP) is 1.75. The van der Waals surface area contributed by atoms with Crippen molar-refractivity contribution in [2.24, 2.45) is 0 Å². The van der Waals surface area contributed by atoms with E-state index in [4.69, 9.17) is 4.74 Å². The van der Waals surface area contributed by atoms with E-state index in [0.717, 1.165) is 12.8 Å². The number of carboxylic acid groups (broad SMARTS) is 1. The van der Waals surface area contributed by atoms with Gasteiger partial charge in [0.2, 0.25) is 0 Å². The molecule has 1 unspecified atom stereocenters. The van der Waals surface area contributed by atoms with Gasteiger partial charge in [-0.15, -0.1) is 0 Å². The fraction of sp³-hybridized carbons (Fsp3) is 0.462. The first kappa shape index (κ1) is 11.9. The number of carbonyl (C=O) groups is 1. The minimum absolute atomic E-state index is 0.306. The molecule has 0 spiro atoms. The number of aliphatic carboxylic acids is 1. The van der Waals surface area contributed by atoms with Gasteiger partial charge in [-0.1, -0.05) is 18.2 Å². The Morgan fingerprint density at radius 1 is 1.47 bits per heavy atom. The van der Waals surface area contributed by atoms with Gasteiger partial charge >= 0.3 is 5.97 Å². The molecular weight excluding hydrogens is 218 g/mol. The summed E-state index contributed by atoms with van der Waals surface area (Å²) in [5.41, 5.74) is -0.421. The molecule has 17 heavy (non-hydrogen) atoms. The predicted molar refractivity (Wildman–Crippen MR) is 64.1 cm³/mol. The topological polar surface area (TPSA) is 58.6 Å². The van der Waals surface area contributed by atoms with E-state index in [2.05, 4.69) is 5.32 Å². The molecule has 1 fully saturated rings. The summed E-state index contributed by atoms with van der Waals surface area (Å²) in [6.45, 7) is 1.69. The van der Waals surface area contributed by atoms with Crippen LogP contribution in [-0.4, -0.2) is 24.2 Å². The Hall–Kier alpha value is -1.55. The quantitative estimate of drug-likeness (QED) is 0.816. The van der Waals surface area contributed by atoms with Gasteiger partial charge < -0.3 is 9.84 Å². The summed E-state index contributed by atoms with van der Waals surface area (Å²) in [6, 6.07) is 7.55. The van der Waals surface area contributed by atoms with Crippen molar-refractivity contribution in [2.45, 2.75) is 31.3 Å². The summed E-state index contributed by atoms with van der Waals surface area (Å²) in [5.74, 6) is -0.278.